The molecule has 0 aromatic carbocycles. The van der Waals surface area contributed by atoms with Gasteiger partial charge >= 0.3 is 0 Å². The van der Waals surface area contributed by atoms with Gasteiger partial charge in [0.1, 0.15) is 12.1 Å². The van der Waals surface area contributed by atoms with Crippen LogP contribution in [-0.2, 0) is 17.0 Å². The Morgan fingerprint density at radius 1 is 1.45 bits per heavy atom. The molecule has 22 heavy (non-hydrogen) atoms. The number of thioether (sulfide) groups is 1. The molecule has 0 saturated heterocycles. The fraction of sp³-hybridized carbons (Fsp3) is 0.357. The lowest BCUT2D eigenvalue weighted by Crippen LogP contribution is -2.04. The first-order valence-corrected chi connectivity index (χ1v) is 8.64. The van der Waals surface area contributed by atoms with Gasteiger partial charge in [0.05, 0.1) is 17.2 Å². The van der Waals surface area contributed by atoms with Gasteiger partial charge in [0.2, 0.25) is 5.89 Å². The summed E-state index contributed by atoms with van der Waals surface area (Å²) in [6.45, 7) is 3.32. The third-order valence-corrected chi connectivity index (χ3v) is 4.93. The first-order chi connectivity index (χ1) is 10.8. The van der Waals surface area contributed by atoms with Crippen LogP contribution in [0.3, 0.4) is 0 Å². The van der Waals surface area contributed by atoms with E-state index < -0.39 is 0 Å². The van der Waals surface area contributed by atoms with Gasteiger partial charge in [-0.2, -0.15) is 0 Å². The Labute approximate surface area is 136 Å². The molecule has 0 saturated carbocycles. The number of thiophene rings is 1. The SMILES string of the molecule is COCCn1cnnc1SCc1nc(-c2cccs2)oc1C. The number of oxazole rings is 1. The van der Waals surface area contributed by atoms with Crippen molar-refractivity contribution in [3.8, 4) is 10.8 Å². The van der Waals surface area contributed by atoms with Crippen molar-refractivity contribution in [3.63, 3.8) is 0 Å². The minimum absolute atomic E-state index is 0.636. The number of aryl methyl sites for hydroxylation is 1. The summed E-state index contributed by atoms with van der Waals surface area (Å²) in [4.78, 5) is 5.63. The van der Waals surface area contributed by atoms with Crippen molar-refractivity contribution in [2.24, 2.45) is 0 Å². The molecule has 8 heteroatoms. The fourth-order valence-electron chi connectivity index (χ4n) is 1.90. The molecule has 0 N–H and O–H groups in total. The maximum atomic E-state index is 5.75. The first kappa shape index (κ1) is 15.3. The molecule has 0 amide bonds. The van der Waals surface area contributed by atoms with E-state index in [1.54, 1.807) is 36.5 Å². The second-order valence-electron chi connectivity index (χ2n) is 4.59. The zero-order valence-electron chi connectivity index (χ0n) is 12.4. The molecular weight excluding hydrogens is 320 g/mol. The number of aromatic nitrogens is 4. The van der Waals surface area contributed by atoms with Crippen LogP contribution in [0.4, 0.5) is 0 Å². The summed E-state index contributed by atoms with van der Waals surface area (Å²) >= 11 is 3.22. The van der Waals surface area contributed by atoms with E-state index in [0.29, 0.717) is 18.3 Å². The molecule has 0 bridgehead atoms. The van der Waals surface area contributed by atoms with Crippen molar-refractivity contribution in [2.75, 3.05) is 13.7 Å². The molecule has 0 atom stereocenters. The molecule has 3 heterocycles. The number of hydrogen-bond acceptors (Lipinski definition) is 7. The van der Waals surface area contributed by atoms with Gasteiger partial charge in [-0.1, -0.05) is 17.8 Å². The third-order valence-electron chi connectivity index (χ3n) is 3.08. The van der Waals surface area contributed by atoms with Crippen molar-refractivity contribution in [1.29, 1.82) is 0 Å². The predicted octanol–water partition coefficient (Wildman–Crippen LogP) is 3.24. The standard InChI is InChI=1S/C14H16N4O2S2/c1-10-11(16-13(20-10)12-4-3-7-21-12)8-22-14-17-15-9-18(14)5-6-19-2/h3-4,7,9H,5-6,8H2,1-2H3. The highest BCUT2D eigenvalue weighted by Crippen LogP contribution is 2.28. The zero-order chi connectivity index (χ0) is 15.4. The number of nitrogens with zero attached hydrogens (tertiary/aromatic N) is 4. The van der Waals surface area contributed by atoms with E-state index in [4.69, 9.17) is 9.15 Å². The van der Waals surface area contributed by atoms with Crippen molar-refractivity contribution in [2.45, 2.75) is 24.4 Å². The van der Waals surface area contributed by atoms with E-state index in [1.165, 1.54) is 0 Å². The highest BCUT2D eigenvalue weighted by Gasteiger charge is 2.14. The maximum Gasteiger partial charge on any atom is 0.236 e. The molecule has 116 valence electrons. The molecule has 0 radical (unpaired) electrons. The molecule has 3 aromatic rings. The molecule has 6 nitrogen and oxygen atoms in total. The summed E-state index contributed by atoms with van der Waals surface area (Å²) in [5.41, 5.74) is 0.940. The van der Waals surface area contributed by atoms with E-state index in [1.807, 2.05) is 29.0 Å². The van der Waals surface area contributed by atoms with Crippen LogP contribution in [0.2, 0.25) is 0 Å². The van der Waals surface area contributed by atoms with Crippen LogP contribution in [0.5, 0.6) is 0 Å². The Hall–Kier alpha value is -1.64. The molecule has 0 aliphatic heterocycles. The van der Waals surface area contributed by atoms with Gasteiger partial charge in [-0.15, -0.1) is 21.5 Å². The van der Waals surface area contributed by atoms with Gasteiger partial charge in [-0.05, 0) is 18.4 Å². The minimum atomic E-state index is 0.636. The molecule has 0 aliphatic carbocycles. The largest absolute Gasteiger partial charge is 0.440 e. The van der Waals surface area contributed by atoms with Crippen LogP contribution < -0.4 is 0 Å². The van der Waals surface area contributed by atoms with Crippen molar-refractivity contribution in [3.05, 3.63) is 35.3 Å². The quantitative estimate of drug-likeness (QED) is 0.617. The normalized spacial score (nSPS) is 11.2. The van der Waals surface area contributed by atoms with E-state index in [-0.39, 0.29) is 0 Å². The van der Waals surface area contributed by atoms with Crippen LogP contribution in [0.25, 0.3) is 10.8 Å². The lowest BCUT2D eigenvalue weighted by molar-refractivity contribution is 0.184. The monoisotopic (exact) mass is 336 g/mol. The van der Waals surface area contributed by atoms with Gasteiger partial charge in [0, 0.05) is 19.4 Å². The Morgan fingerprint density at radius 3 is 3.14 bits per heavy atom. The Morgan fingerprint density at radius 2 is 2.36 bits per heavy atom. The lowest BCUT2D eigenvalue weighted by atomic mass is 10.4. The highest BCUT2D eigenvalue weighted by atomic mass is 32.2. The number of rotatable bonds is 7. The third kappa shape index (κ3) is 3.40. The Balaban J connectivity index is 1.68. The predicted molar refractivity (Wildman–Crippen MR) is 86.0 cm³/mol. The maximum absolute atomic E-state index is 5.75. The Bertz CT molecular complexity index is 721. The molecule has 3 aromatic heterocycles. The first-order valence-electron chi connectivity index (χ1n) is 6.77. The average molecular weight is 336 g/mol. The van der Waals surface area contributed by atoms with E-state index >= 15 is 0 Å². The molecule has 0 fully saturated rings. The van der Waals surface area contributed by atoms with E-state index in [0.717, 1.165) is 28.0 Å². The summed E-state index contributed by atoms with van der Waals surface area (Å²) in [5, 5.41) is 11.0. The second-order valence-corrected chi connectivity index (χ2v) is 6.48. The van der Waals surface area contributed by atoms with Gasteiger partial charge < -0.3 is 13.7 Å². The van der Waals surface area contributed by atoms with Gasteiger partial charge in [-0.25, -0.2) is 4.98 Å². The summed E-state index contributed by atoms with van der Waals surface area (Å²) < 4.78 is 12.8. The summed E-state index contributed by atoms with van der Waals surface area (Å²) in [7, 11) is 1.68. The number of methoxy groups -OCH3 is 1. The van der Waals surface area contributed by atoms with Crippen LogP contribution >= 0.6 is 23.1 Å². The number of hydrogen-bond donors (Lipinski definition) is 0. The highest BCUT2D eigenvalue weighted by molar-refractivity contribution is 7.98. The van der Waals surface area contributed by atoms with Crippen LogP contribution in [0, 0.1) is 6.92 Å². The molecule has 0 aliphatic rings. The Kier molecular flexibility index (Phi) is 4.91. The topological polar surface area (TPSA) is 66.0 Å². The molecule has 0 unspecified atom stereocenters. The average Bonchev–Trinajstić information content (AvgIpc) is 3.24. The van der Waals surface area contributed by atoms with Gasteiger partial charge in [-0.3, -0.25) is 0 Å². The summed E-state index contributed by atoms with van der Waals surface area (Å²) in [5.74, 6) is 2.23. The number of ether oxygens (including phenoxy) is 1. The van der Waals surface area contributed by atoms with Crippen LogP contribution in [0.1, 0.15) is 11.5 Å². The van der Waals surface area contributed by atoms with E-state index in [9.17, 15) is 0 Å². The van der Waals surface area contributed by atoms with E-state index in [2.05, 4.69) is 15.2 Å². The fourth-order valence-corrected chi connectivity index (χ4v) is 3.49. The van der Waals surface area contributed by atoms with Gasteiger partial charge in [0.25, 0.3) is 0 Å². The van der Waals surface area contributed by atoms with Gasteiger partial charge in [0.15, 0.2) is 5.16 Å². The molecule has 0 spiro atoms. The smallest absolute Gasteiger partial charge is 0.236 e. The second kappa shape index (κ2) is 7.08. The molecule has 3 rings (SSSR count). The van der Waals surface area contributed by atoms with Crippen LogP contribution in [0.15, 0.2) is 33.4 Å². The van der Waals surface area contributed by atoms with Crippen molar-refractivity contribution in [1.82, 2.24) is 19.7 Å². The minimum Gasteiger partial charge on any atom is -0.440 e. The van der Waals surface area contributed by atoms with Crippen LogP contribution in [-0.4, -0.2) is 33.5 Å². The van der Waals surface area contributed by atoms with Crippen molar-refractivity contribution < 1.29 is 9.15 Å². The molecular formula is C14H16N4O2S2. The van der Waals surface area contributed by atoms with Crippen molar-refractivity contribution >= 4 is 23.1 Å². The lowest BCUT2D eigenvalue weighted by Gasteiger charge is -2.04. The summed E-state index contributed by atoms with van der Waals surface area (Å²) in [6, 6.07) is 4.00. The summed E-state index contributed by atoms with van der Waals surface area (Å²) in [6.07, 6.45) is 1.72. The zero-order valence-corrected chi connectivity index (χ0v) is 14.0.